The fourth-order valence-corrected chi connectivity index (χ4v) is 5.47. The molecule has 0 saturated heterocycles. The third-order valence-electron chi connectivity index (χ3n) is 6.13. The number of hydrogen-bond donors (Lipinski definition) is 1. The molecule has 3 aromatic rings. The summed E-state index contributed by atoms with van der Waals surface area (Å²) in [6.07, 6.45) is 0. The van der Waals surface area contributed by atoms with Crippen LogP contribution in [0.15, 0.2) is 77.7 Å². The Morgan fingerprint density at radius 1 is 0.921 bits per heavy atom. The van der Waals surface area contributed by atoms with Crippen LogP contribution in [0.5, 0.6) is 0 Å². The minimum atomic E-state index is -4.13. The average molecular weight is 556 g/mol. The number of anilines is 1. The monoisotopic (exact) mass is 555 g/mol. The molecule has 0 heterocycles. The van der Waals surface area contributed by atoms with Crippen LogP contribution in [0.4, 0.5) is 5.69 Å². The maximum absolute atomic E-state index is 13.9. The standard InChI is InChI=1S/C29H34ClN3O4S/c1-20(2)31-29(35)23(5)32(18-24-14-11-21(3)12-15-24)28(34)19-33(25-16-13-22(4)27(30)17-25)38(36,37)26-9-7-6-8-10-26/h6-17,20,23H,18-19H2,1-5H3,(H,31,35)/t23-/m1/s1. The first kappa shape index (κ1) is 29.2. The summed E-state index contributed by atoms with van der Waals surface area (Å²) in [5.41, 5.74) is 2.92. The van der Waals surface area contributed by atoms with Crippen LogP contribution in [-0.2, 0) is 26.2 Å². The lowest BCUT2D eigenvalue weighted by molar-refractivity contribution is -0.139. The van der Waals surface area contributed by atoms with Crippen LogP contribution in [0.1, 0.15) is 37.5 Å². The van der Waals surface area contributed by atoms with Crippen molar-refractivity contribution in [3.8, 4) is 0 Å². The zero-order valence-corrected chi connectivity index (χ0v) is 23.9. The van der Waals surface area contributed by atoms with Gasteiger partial charge in [-0.3, -0.25) is 13.9 Å². The molecule has 0 radical (unpaired) electrons. The molecule has 0 aliphatic rings. The first-order chi connectivity index (χ1) is 17.9. The molecule has 0 unspecified atom stereocenters. The van der Waals surface area contributed by atoms with Crippen molar-refractivity contribution in [2.75, 3.05) is 10.8 Å². The van der Waals surface area contributed by atoms with Gasteiger partial charge in [0.15, 0.2) is 0 Å². The molecule has 1 atom stereocenters. The Kier molecular flexibility index (Phi) is 9.57. The SMILES string of the molecule is Cc1ccc(CN(C(=O)CN(c2ccc(C)c(Cl)c2)S(=O)(=O)c2ccccc2)[C@H](C)C(=O)NC(C)C)cc1. The Morgan fingerprint density at radius 2 is 1.55 bits per heavy atom. The van der Waals surface area contributed by atoms with E-state index in [-0.39, 0.29) is 29.1 Å². The van der Waals surface area contributed by atoms with Crippen LogP contribution in [0.2, 0.25) is 5.02 Å². The van der Waals surface area contributed by atoms with E-state index in [1.165, 1.54) is 23.1 Å². The van der Waals surface area contributed by atoms with Crippen LogP contribution in [0, 0.1) is 13.8 Å². The van der Waals surface area contributed by atoms with E-state index in [1.54, 1.807) is 37.3 Å². The maximum atomic E-state index is 13.9. The number of halogens is 1. The summed E-state index contributed by atoms with van der Waals surface area (Å²) in [5.74, 6) is -0.843. The van der Waals surface area contributed by atoms with Gasteiger partial charge >= 0.3 is 0 Å². The highest BCUT2D eigenvalue weighted by molar-refractivity contribution is 7.92. The van der Waals surface area contributed by atoms with Gasteiger partial charge in [-0.2, -0.15) is 0 Å². The van der Waals surface area contributed by atoms with Gasteiger partial charge in [-0.05, 0) is 70.0 Å². The van der Waals surface area contributed by atoms with Crippen LogP contribution in [0.3, 0.4) is 0 Å². The van der Waals surface area contributed by atoms with Crippen molar-refractivity contribution in [2.24, 2.45) is 0 Å². The molecular formula is C29H34ClN3O4S. The maximum Gasteiger partial charge on any atom is 0.264 e. The molecule has 7 nitrogen and oxygen atoms in total. The number of hydrogen-bond acceptors (Lipinski definition) is 4. The van der Waals surface area contributed by atoms with Crippen molar-refractivity contribution < 1.29 is 18.0 Å². The number of sulfonamides is 1. The lowest BCUT2D eigenvalue weighted by atomic mass is 10.1. The van der Waals surface area contributed by atoms with Crippen molar-refractivity contribution in [1.29, 1.82) is 0 Å². The summed E-state index contributed by atoms with van der Waals surface area (Å²) in [6.45, 7) is 8.72. The number of carbonyl (C=O) groups excluding carboxylic acids is 2. The van der Waals surface area contributed by atoms with Crippen LogP contribution in [-0.4, -0.2) is 43.8 Å². The molecule has 0 spiro atoms. The van der Waals surface area contributed by atoms with Gasteiger partial charge in [0.25, 0.3) is 10.0 Å². The predicted octanol–water partition coefficient (Wildman–Crippen LogP) is 5.09. The minimum absolute atomic E-state index is 0.0418. The lowest BCUT2D eigenvalue weighted by Gasteiger charge is -2.32. The molecular weight excluding hydrogens is 522 g/mol. The second-order valence-corrected chi connectivity index (χ2v) is 11.9. The van der Waals surface area contributed by atoms with Gasteiger partial charge in [0.05, 0.1) is 10.6 Å². The lowest BCUT2D eigenvalue weighted by Crippen LogP contribution is -2.52. The number of benzene rings is 3. The third kappa shape index (κ3) is 7.14. The van der Waals surface area contributed by atoms with Gasteiger partial charge in [-0.15, -0.1) is 0 Å². The van der Waals surface area contributed by atoms with Crippen molar-refractivity contribution in [3.05, 3.63) is 94.5 Å². The van der Waals surface area contributed by atoms with E-state index < -0.39 is 28.5 Å². The van der Waals surface area contributed by atoms with E-state index in [9.17, 15) is 18.0 Å². The Bertz CT molecular complexity index is 1380. The number of nitrogens with zero attached hydrogens (tertiary/aromatic N) is 2. The third-order valence-corrected chi connectivity index (χ3v) is 8.32. The molecule has 38 heavy (non-hydrogen) atoms. The van der Waals surface area contributed by atoms with E-state index >= 15 is 0 Å². The summed E-state index contributed by atoms with van der Waals surface area (Å²) in [6, 6.07) is 19.5. The highest BCUT2D eigenvalue weighted by atomic mass is 35.5. The van der Waals surface area contributed by atoms with E-state index in [0.29, 0.717) is 5.02 Å². The zero-order chi connectivity index (χ0) is 28.0. The first-order valence-electron chi connectivity index (χ1n) is 12.4. The largest absolute Gasteiger partial charge is 0.352 e. The number of amides is 2. The molecule has 0 fully saturated rings. The highest BCUT2D eigenvalue weighted by Crippen LogP contribution is 2.28. The van der Waals surface area contributed by atoms with Gasteiger partial charge in [0.1, 0.15) is 12.6 Å². The van der Waals surface area contributed by atoms with Gasteiger partial charge in [-0.1, -0.05) is 65.7 Å². The quantitative estimate of drug-likeness (QED) is 0.377. The second kappa shape index (κ2) is 12.5. The van der Waals surface area contributed by atoms with Crippen molar-refractivity contribution in [2.45, 2.75) is 58.1 Å². The molecule has 0 aliphatic heterocycles. The minimum Gasteiger partial charge on any atom is -0.352 e. The van der Waals surface area contributed by atoms with Gasteiger partial charge in [0.2, 0.25) is 11.8 Å². The Labute approximate surface area is 230 Å². The van der Waals surface area contributed by atoms with Crippen LogP contribution in [0.25, 0.3) is 0 Å². The Hall–Kier alpha value is -3.36. The summed E-state index contributed by atoms with van der Waals surface area (Å²) >= 11 is 6.34. The molecule has 0 bridgehead atoms. The molecule has 0 aliphatic carbocycles. The molecule has 1 N–H and O–H groups in total. The molecule has 0 aromatic heterocycles. The first-order valence-corrected chi connectivity index (χ1v) is 14.2. The van der Waals surface area contributed by atoms with E-state index in [2.05, 4.69) is 5.32 Å². The predicted molar refractivity (Wildman–Crippen MR) is 152 cm³/mol. The number of carbonyl (C=O) groups is 2. The van der Waals surface area contributed by atoms with Crippen molar-refractivity contribution in [1.82, 2.24) is 10.2 Å². The normalized spacial score (nSPS) is 12.2. The van der Waals surface area contributed by atoms with Crippen LogP contribution >= 0.6 is 11.6 Å². The van der Waals surface area contributed by atoms with Crippen molar-refractivity contribution >= 4 is 39.1 Å². The number of nitrogens with one attached hydrogen (secondary N) is 1. The average Bonchev–Trinajstić information content (AvgIpc) is 2.88. The van der Waals surface area contributed by atoms with Gasteiger partial charge in [0, 0.05) is 17.6 Å². The van der Waals surface area contributed by atoms with Crippen LogP contribution < -0.4 is 9.62 Å². The van der Waals surface area contributed by atoms with E-state index in [4.69, 9.17) is 11.6 Å². The summed E-state index contributed by atoms with van der Waals surface area (Å²) in [7, 11) is -4.13. The fourth-order valence-electron chi connectivity index (χ4n) is 3.86. The summed E-state index contributed by atoms with van der Waals surface area (Å²) in [4.78, 5) is 28.3. The molecule has 3 aromatic carbocycles. The zero-order valence-electron chi connectivity index (χ0n) is 22.3. The highest BCUT2D eigenvalue weighted by Gasteiger charge is 2.32. The topological polar surface area (TPSA) is 86.8 Å². The summed E-state index contributed by atoms with van der Waals surface area (Å²) < 4.78 is 28.6. The number of aryl methyl sites for hydroxylation is 2. The van der Waals surface area contributed by atoms with Crippen molar-refractivity contribution in [3.63, 3.8) is 0 Å². The Balaban J connectivity index is 2.04. The van der Waals surface area contributed by atoms with E-state index in [0.717, 1.165) is 21.0 Å². The molecule has 3 rings (SSSR count). The van der Waals surface area contributed by atoms with E-state index in [1.807, 2.05) is 52.0 Å². The van der Waals surface area contributed by atoms with Gasteiger partial charge in [-0.25, -0.2) is 8.42 Å². The van der Waals surface area contributed by atoms with Gasteiger partial charge < -0.3 is 10.2 Å². The molecule has 0 saturated carbocycles. The molecule has 2 amide bonds. The fraction of sp³-hybridized carbons (Fsp3) is 0.310. The number of rotatable bonds is 10. The summed E-state index contributed by atoms with van der Waals surface area (Å²) in [5, 5.41) is 3.22. The molecule has 202 valence electrons. The smallest absolute Gasteiger partial charge is 0.264 e. The second-order valence-electron chi connectivity index (χ2n) is 9.60. The molecule has 9 heteroatoms. The Morgan fingerprint density at radius 3 is 2.13 bits per heavy atom.